The Bertz CT molecular complexity index is 990. The van der Waals surface area contributed by atoms with E-state index in [0.717, 1.165) is 22.3 Å². The number of esters is 1. The van der Waals surface area contributed by atoms with Gasteiger partial charge in [0.2, 0.25) is 0 Å². The van der Waals surface area contributed by atoms with Crippen LogP contribution in [0.3, 0.4) is 0 Å². The van der Waals surface area contributed by atoms with Gasteiger partial charge in [-0.1, -0.05) is 54.6 Å². The number of rotatable bonds is 4. The van der Waals surface area contributed by atoms with Gasteiger partial charge >= 0.3 is 5.97 Å². The summed E-state index contributed by atoms with van der Waals surface area (Å²) in [5.41, 5.74) is 17.0. The summed E-state index contributed by atoms with van der Waals surface area (Å²) in [6.45, 7) is 0. The van der Waals surface area contributed by atoms with Gasteiger partial charge in [-0.3, -0.25) is 0 Å². The zero-order valence-corrected chi connectivity index (χ0v) is 14.1. The zero-order chi connectivity index (χ0) is 18.1. The van der Waals surface area contributed by atoms with Crippen molar-refractivity contribution in [2.45, 2.75) is 6.10 Å². The summed E-state index contributed by atoms with van der Waals surface area (Å²) in [6.07, 6.45) is 3.82. The van der Waals surface area contributed by atoms with E-state index in [-0.39, 0.29) is 6.10 Å². The molecule has 0 heterocycles. The molecule has 0 radical (unpaired) electrons. The van der Waals surface area contributed by atoms with Gasteiger partial charge in [0.1, 0.15) is 0 Å². The molecular formula is C22H18N2O2. The Morgan fingerprint density at radius 2 is 1.50 bits per heavy atom. The summed E-state index contributed by atoms with van der Waals surface area (Å²) >= 11 is 0. The lowest BCUT2D eigenvalue weighted by Gasteiger charge is -2.05. The average molecular weight is 342 g/mol. The molecule has 0 aromatic heterocycles. The number of fused-ring (bicyclic) bond motifs is 1. The quantitative estimate of drug-likeness (QED) is 0.421. The van der Waals surface area contributed by atoms with Crippen LogP contribution in [0.15, 0.2) is 66.7 Å². The van der Waals surface area contributed by atoms with E-state index in [1.165, 1.54) is 0 Å². The van der Waals surface area contributed by atoms with Gasteiger partial charge in [0.15, 0.2) is 6.10 Å². The molecule has 0 spiro atoms. The fourth-order valence-corrected chi connectivity index (χ4v) is 2.95. The fourth-order valence-electron chi connectivity index (χ4n) is 2.95. The van der Waals surface area contributed by atoms with Crippen molar-refractivity contribution in [1.82, 2.24) is 0 Å². The molecule has 1 unspecified atom stereocenters. The number of nitrogen functional groups attached to an aromatic ring is 2. The number of carbonyl (C=O) groups excluding carboxylic acids is 1. The van der Waals surface area contributed by atoms with E-state index in [9.17, 15) is 4.79 Å². The van der Waals surface area contributed by atoms with Crippen LogP contribution < -0.4 is 11.5 Å². The molecule has 0 saturated carbocycles. The summed E-state index contributed by atoms with van der Waals surface area (Å²) < 4.78 is 5.57. The van der Waals surface area contributed by atoms with Crippen LogP contribution in [-0.4, -0.2) is 5.97 Å². The predicted octanol–water partition coefficient (Wildman–Crippen LogP) is 4.28. The van der Waals surface area contributed by atoms with Gasteiger partial charge in [0, 0.05) is 22.5 Å². The van der Waals surface area contributed by atoms with Crippen molar-refractivity contribution >= 4 is 29.5 Å². The molecule has 4 nitrogen and oxygen atoms in total. The Morgan fingerprint density at radius 3 is 2.23 bits per heavy atom. The molecule has 4 heteroatoms. The third kappa shape index (κ3) is 3.30. The van der Waals surface area contributed by atoms with E-state index < -0.39 is 5.97 Å². The Kier molecular flexibility index (Phi) is 3.93. The van der Waals surface area contributed by atoms with Gasteiger partial charge in [0.25, 0.3) is 0 Å². The summed E-state index contributed by atoms with van der Waals surface area (Å²) in [7, 11) is 0. The summed E-state index contributed by atoms with van der Waals surface area (Å²) in [5.74, 6) is -0.424. The highest BCUT2D eigenvalue weighted by Crippen LogP contribution is 2.45. The van der Waals surface area contributed by atoms with Crippen molar-refractivity contribution in [3.8, 4) is 0 Å². The monoisotopic (exact) mass is 342 g/mol. The van der Waals surface area contributed by atoms with Crippen molar-refractivity contribution in [1.29, 1.82) is 0 Å². The Balaban J connectivity index is 1.45. The molecule has 1 aliphatic carbocycles. The molecule has 0 bridgehead atoms. The summed E-state index contributed by atoms with van der Waals surface area (Å²) in [5, 5.41) is 0. The molecule has 4 N–H and O–H groups in total. The highest BCUT2D eigenvalue weighted by Gasteiger charge is 2.36. The highest BCUT2D eigenvalue weighted by molar-refractivity contribution is 5.92. The molecule has 0 amide bonds. The molecule has 0 saturated heterocycles. The highest BCUT2D eigenvalue weighted by atomic mass is 16.5. The third-order valence-electron chi connectivity index (χ3n) is 4.30. The van der Waals surface area contributed by atoms with Crippen LogP contribution in [0.25, 0.3) is 12.2 Å². The number of carbonyl (C=O) groups is 1. The predicted molar refractivity (Wildman–Crippen MR) is 104 cm³/mol. The molecule has 1 atom stereocenters. The number of anilines is 2. The molecule has 128 valence electrons. The number of ether oxygens (including phenoxy) is 1. The first kappa shape index (κ1) is 16.0. The SMILES string of the molecule is Nc1cc(N)cc(C(=O)OC2c3ccc(/C=C\c4ccccc4)cc32)c1. The van der Waals surface area contributed by atoms with Gasteiger partial charge in [-0.15, -0.1) is 0 Å². The van der Waals surface area contributed by atoms with Crippen LogP contribution in [-0.2, 0) is 4.74 Å². The smallest absolute Gasteiger partial charge is 0.339 e. The van der Waals surface area contributed by atoms with Gasteiger partial charge in [-0.2, -0.15) is 0 Å². The number of hydrogen-bond donors (Lipinski definition) is 2. The summed E-state index contributed by atoms with van der Waals surface area (Å²) in [4.78, 5) is 12.3. The Hall–Kier alpha value is -3.53. The molecule has 0 fully saturated rings. The van der Waals surface area contributed by atoms with Crippen LogP contribution in [0.2, 0.25) is 0 Å². The topological polar surface area (TPSA) is 78.3 Å². The summed E-state index contributed by atoms with van der Waals surface area (Å²) in [6, 6.07) is 20.9. The zero-order valence-electron chi connectivity index (χ0n) is 14.1. The van der Waals surface area contributed by atoms with Crippen LogP contribution in [0, 0.1) is 0 Å². The maximum Gasteiger partial charge on any atom is 0.339 e. The van der Waals surface area contributed by atoms with E-state index in [1.807, 2.05) is 54.6 Å². The lowest BCUT2D eigenvalue weighted by molar-refractivity contribution is 0.0450. The van der Waals surface area contributed by atoms with Crippen LogP contribution in [0.1, 0.15) is 38.7 Å². The Morgan fingerprint density at radius 1 is 0.808 bits per heavy atom. The first-order chi connectivity index (χ1) is 12.6. The molecule has 26 heavy (non-hydrogen) atoms. The molecule has 4 rings (SSSR count). The lowest BCUT2D eigenvalue weighted by Crippen LogP contribution is -2.05. The minimum Gasteiger partial charge on any atom is -0.449 e. The molecule has 3 aromatic rings. The fraction of sp³-hybridized carbons (Fsp3) is 0.0455. The van der Waals surface area contributed by atoms with E-state index in [0.29, 0.717) is 16.9 Å². The molecule has 1 aliphatic rings. The van der Waals surface area contributed by atoms with Gasteiger partial charge in [-0.25, -0.2) is 4.79 Å². The van der Waals surface area contributed by atoms with Gasteiger partial charge < -0.3 is 16.2 Å². The maximum atomic E-state index is 12.3. The largest absolute Gasteiger partial charge is 0.449 e. The first-order valence-electron chi connectivity index (χ1n) is 8.34. The molecule has 0 aliphatic heterocycles. The van der Waals surface area contributed by atoms with Crippen molar-refractivity contribution < 1.29 is 9.53 Å². The van der Waals surface area contributed by atoms with Gasteiger partial charge in [0.05, 0.1) is 5.56 Å². The van der Waals surface area contributed by atoms with Crippen LogP contribution >= 0.6 is 0 Å². The van der Waals surface area contributed by atoms with Gasteiger partial charge in [-0.05, 0) is 35.4 Å². The normalized spacial score (nSPS) is 14.8. The standard InChI is InChI=1S/C22H18N2O2/c23-17-11-16(12-18(24)13-17)22(25)26-21-19-9-8-15(10-20(19)21)7-6-14-4-2-1-3-5-14/h1-13,21H,23-24H2/b7-6-. The second-order valence-electron chi connectivity index (χ2n) is 6.31. The van der Waals surface area contributed by atoms with Crippen LogP contribution in [0.5, 0.6) is 0 Å². The van der Waals surface area contributed by atoms with E-state index in [4.69, 9.17) is 16.2 Å². The molecular weight excluding hydrogens is 324 g/mol. The van der Waals surface area contributed by atoms with Crippen molar-refractivity contribution in [3.05, 3.63) is 94.5 Å². The maximum absolute atomic E-state index is 12.3. The average Bonchev–Trinajstić information content (AvgIpc) is 3.32. The van der Waals surface area contributed by atoms with E-state index in [1.54, 1.807) is 18.2 Å². The Labute approximate surface area is 151 Å². The van der Waals surface area contributed by atoms with E-state index in [2.05, 4.69) is 6.08 Å². The minimum atomic E-state index is -0.424. The van der Waals surface area contributed by atoms with E-state index >= 15 is 0 Å². The number of hydrogen-bond acceptors (Lipinski definition) is 4. The number of benzene rings is 3. The van der Waals surface area contributed by atoms with Crippen molar-refractivity contribution in [2.24, 2.45) is 0 Å². The third-order valence-corrected chi connectivity index (χ3v) is 4.30. The molecule has 3 aromatic carbocycles. The van der Waals surface area contributed by atoms with Crippen LogP contribution in [0.4, 0.5) is 11.4 Å². The second-order valence-corrected chi connectivity index (χ2v) is 6.31. The number of nitrogens with two attached hydrogens (primary N) is 2. The van der Waals surface area contributed by atoms with Crippen molar-refractivity contribution in [3.63, 3.8) is 0 Å². The second kappa shape index (κ2) is 6.41. The lowest BCUT2D eigenvalue weighted by atomic mass is 10.1. The van der Waals surface area contributed by atoms with Crippen molar-refractivity contribution in [2.75, 3.05) is 11.5 Å². The first-order valence-corrected chi connectivity index (χ1v) is 8.34. The minimum absolute atomic E-state index is 0.288.